The van der Waals surface area contributed by atoms with E-state index in [2.05, 4.69) is 0 Å². The Morgan fingerprint density at radius 3 is 1.85 bits per heavy atom. The first-order chi connectivity index (χ1) is 5.61. The first kappa shape index (κ1) is 12.8. The van der Waals surface area contributed by atoms with Crippen molar-refractivity contribution in [3.05, 3.63) is 35.4 Å². The molecule has 1 N–H and O–H groups in total. The molecule has 0 aliphatic rings. The maximum atomic E-state index is 10.3. The van der Waals surface area contributed by atoms with Crippen LogP contribution >= 0.6 is 0 Å². The first-order valence-corrected chi connectivity index (χ1v) is 3.16. The summed E-state index contributed by atoms with van der Waals surface area (Å²) < 4.78 is 0. The zero-order chi connectivity index (χ0) is 9.14. The van der Waals surface area contributed by atoms with E-state index >= 15 is 0 Å². The predicted octanol–water partition coefficient (Wildman–Crippen LogP) is -0.788. The van der Waals surface area contributed by atoms with Gasteiger partial charge in [0.15, 0.2) is 0 Å². The molecule has 0 radical (unpaired) electrons. The van der Waals surface area contributed by atoms with Crippen molar-refractivity contribution in [3.8, 4) is 0 Å². The van der Waals surface area contributed by atoms with Crippen molar-refractivity contribution in [2.24, 2.45) is 0 Å². The van der Waals surface area contributed by atoms with E-state index in [1.165, 1.54) is 24.3 Å². The van der Waals surface area contributed by atoms with Crippen molar-refractivity contribution in [1.82, 2.24) is 0 Å². The minimum absolute atomic E-state index is 0. The predicted molar refractivity (Wildman–Crippen MR) is 46.0 cm³/mol. The normalized spacial score (nSPS) is 8.62. The second-order valence-corrected chi connectivity index (χ2v) is 2.17. The van der Waals surface area contributed by atoms with Crippen molar-refractivity contribution in [2.75, 3.05) is 0 Å². The van der Waals surface area contributed by atoms with Crippen LogP contribution in [0.5, 0.6) is 0 Å². The van der Waals surface area contributed by atoms with Crippen LogP contribution in [0.25, 0.3) is 0 Å². The third kappa shape index (κ3) is 3.57. The fourth-order valence-corrected chi connectivity index (χ4v) is 0.749. The van der Waals surface area contributed by atoms with Gasteiger partial charge in [0, 0.05) is 0 Å². The summed E-state index contributed by atoms with van der Waals surface area (Å²) in [5.41, 5.74) is 0.0278. The topological polar surface area (TPSA) is 77.4 Å². The molecule has 0 amide bonds. The van der Waals surface area contributed by atoms with Crippen LogP contribution in [0.3, 0.4) is 0 Å². The number of carboxylic acid groups (broad SMARTS) is 2. The number of rotatable bonds is 2. The van der Waals surface area contributed by atoms with Crippen LogP contribution in [-0.2, 0) is 0 Å². The van der Waals surface area contributed by atoms with Crippen LogP contribution < -0.4 is 5.11 Å². The molecule has 0 aromatic heterocycles. The molecule has 0 heterocycles. The Morgan fingerprint density at radius 1 is 1.15 bits per heavy atom. The van der Waals surface area contributed by atoms with Crippen LogP contribution in [-0.4, -0.2) is 68.4 Å². The first-order valence-electron chi connectivity index (χ1n) is 3.16. The molecular formula is C8H7KO4. The molecule has 0 spiro atoms. The molecule has 1 aromatic carbocycles. The van der Waals surface area contributed by atoms with Gasteiger partial charge in [0.2, 0.25) is 0 Å². The summed E-state index contributed by atoms with van der Waals surface area (Å²) >= 11 is 0. The van der Waals surface area contributed by atoms with Gasteiger partial charge in [-0.2, -0.15) is 0 Å². The SMILES string of the molecule is O=C([O-])c1ccc(C(=O)O)cc1.[H+].[KH]. The Labute approximate surface area is 118 Å². The average molecular weight is 206 g/mol. The molecule has 0 aliphatic heterocycles. The zero-order valence-corrected chi connectivity index (χ0v) is 5.98. The number of carboxylic acids is 2. The van der Waals surface area contributed by atoms with E-state index in [0.29, 0.717) is 0 Å². The molecule has 0 saturated carbocycles. The van der Waals surface area contributed by atoms with Crippen LogP contribution in [0, 0.1) is 0 Å². The molecule has 0 aliphatic carbocycles. The molecule has 0 bridgehead atoms. The van der Waals surface area contributed by atoms with Gasteiger partial charge in [0.1, 0.15) is 0 Å². The summed E-state index contributed by atoms with van der Waals surface area (Å²) in [4.78, 5) is 20.5. The van der Waals surface area contributed by atoms with Crippen LogP contribution in [0.1, 0.15) is 22.1 Å². The van der Waals surface area contributed by atoms with Gasteiger partial charge in [-0.3, -0.25) is 0 Å². The van der Waals surface area contributed by atoms with E-state index in [1.807, 2.05) is 0 Å². The Kier molecular flexibility index (Phi) is 5.42. The third-order valence-corrected chi connectivity index (χ3v) is 1.37. The molecule has 0 saturated heterocycles. The van der Waals surface area contributed by atoms with E-state index in [4.69, 9.17) is 5.11 Å². The van der Waals surface area contributed by atoms with Crippen LogP contribution in [0.15, 0.2) is 24.3 Å². The summed E-state index contributed by atoms with van der Waals surface area (Å²) in [6.45, 7) is 0. The summed E-state index contributed by atoms with van der Waals surface area (Å²) in [6, 6.07) is 4.82. The summed E-state index contributed by atoms with van der Waals surface area (Å²) in [5, 5.41) is 18.7. The monoisotopic (exact) mass is 206 g/mol. The van der Waals surface area contributed by atoms with Crippen molar-refractivity contribution < 1.29 is 21.2 Å². The van der Waals surface area contributed by atoms with Gasteiger partial charge in [0.05, 0.1) is 11.5 Å². The van der Waals surface area contributed by atoms with Crippen molar-refractivity contribution in [2.45, 2.75) is 0 Å². The fraction of sp³-hybridized carbons (Fsp3) is 0. The number of hydrogen-bond acceptors (Lipinski definition) is 3. The van der Waals surface area contributed by atoms with Crippen LogP contribution in [0.4, 0.5) is 0 Å². The van der Waals surface area contributed by atoms with E-state index < -0.39 is 11.9 Å². The molecular weight excluding hydrogens is 199 g/mol. The van der Waals surface area contributed by atoms with E-state index in [0.717, 1.165) is 0 Å². The molecule has 4 nitrogen and oxygen atoms in total. The van der Waals surface area contributed by atoms with Crippen molar-refractivity contribution in [1.29, 1.82) is 0 Å². The van der Waals surface area contributed by atoms with Gasteiger partial charge in [-0.1, -0.05) is 12.1 Å². The average Bonchev–Trinajstić information content (AvgIpc) is 2.04. The Hall–Kier alpha value is -0.204. The molecule has 64 valence electrons. The summed E-state index contributed by atoms with van der Waals surface area (Å²) in [6.07, 6.45) is 0. The fourth-order valence-electron chi connectivity index (χ4n) is 0.749. The van der Waals surface area contributed by atoms with E-state index in [-0.39, 0.29) is 63.9 Å². The second-order valence-electron chi connectivity index (χ2n) is 2.17. The number of carbonyl (C=O) groups is 2. The summed E-state index contributed by atoms with van der Waals surface area (Å²) in [7, 11) is 0. The molecule has 0 atom stereocenters. The Bertz CT molecular complexity index is 290. The number of benzene rings is 1. The van der Waals surface area contributed by atoms with E-state index in [1.54, 1.807) is 0 Å². The van der Waals surface area contributed by atoms with Gasteiger partial charge < -0.3 is 15.0 Å². The molecule has 5 heteroatoms. The standard InChI is InChI=1S/C8H6O4.K.H/c9-7(10)5-1-2-6(4-3-5)8(11)12;;/h1-4H,(H,9,10)(H,11,12);;. The van der Waals surface area contributed by atoms with Gasteiger partial charge in [-0.15, -0.1) is 0 Å². The second kappa shape index (κ2) is 5.51. The van der Waals surface area contributed by atoms with Gasteiger partial charge >= 0.3 is 58.8 Å². The minimum atomic E-state index is -1.31. The Morgan fingerprint density at radius 2 is 1.54 bits per heavy atom. The van der Waals surface area contributed by atoms with Gasteiger partial charge in [-0.05, 0) is 17.7 Å². The van der Waals surface area contributed by atoms with Crippen LogP contribution in [0.2, 0.25) is 0 Å². The third-order valence-electron chi connectivity index (χ3n) is 1.37. The zero-order valence-electron chi connectivity index (χ0n) is 6.98. The quantitative estimate of drug-likeness (QED) is 0.643. The van der Waals surface area contributed by atoms with Gasteiger partial charge in [-0.25, -0.2) is 4.79 Å². The van der Waals surface area contributed by atoms with Crippen molar-refractivity contribution >= 4 is 63.3 Å². The Balaban J connectivity index is 0. The molecule has 1 aromatic rings. The number of hydrogen-bond donors (Lipinski definition) is 1. The van der Waals surface area contributed by atoms with E-state index in [9.17, 15) is 14.7 Å². The van der Waals surface area contributed by atoms with Crippen molar-refractivity contribution in [3.63, 3.8) is 0 Å². The molecule has 1 rings (SSSR count). The number of carbonyl (C=O) groups excluding carboxylic acids is 1. The molecule has 0 unspecified atom stereocenters. The number of aromatic carboxylic acids is 2. The maximum absolute atomic E-state index is 10.3. The summed E-state index contributed by atoms with van der Waals surface area (Å²) in [5.74, 6) is -2.40. The molecule has 0 fully saturated rings. The van der Waals surface area contributed by atoms with Gasteiger partial charge in [0.25, 0.3) is 0 Å². The molecule has 13 heavy (non-hydrogen) atoms.